The number of benzene rings is 4. The van der Waals surface area contributed by atoms with E-state index in [1.54, 1.807) is 11.8 Å². The maximum absolute atomic E-state index is 4.79. The largest absolute Gasteiger partial charge is 0.151 e. The Morgan fingerprint density at radius 3 is 1.59 bits per heavy atom. The molecule has 3 heteroatoms. The lowest BCUT2D eigenvalue weighted by Crippen LogP contribution is -2.24. The predicted octanol–water partition coefficient (Wildman–Crippen LogP) is 9.48. The van der Waals surface area contributed by atoms with Crippen molar-refractivity contribution in [3.05, 3.63) is 125 Å². The first-order valence-corrected chi connectivity index (χ1v) is 12.9. The second kappa shape index (κ2) is 9.99. The molecule has 0 spiro atoms. The lowest BCUT2D eigenvalue weighted by Gasteiger charge is -2.33. The summed E-state index contributed by atoms with van der Waals surface area (Å²) in [4.78, 5) is 1.17. The molecule has 0 unspecified atom stereocenters. The van der Waals surface area contributed by atoms with Crippen LogP contribution in [0.5, 0.6) is 0 Å². The van der Waals surface area contributed by atoms with Gasteiger partial charge in [-0.05, 0) is 46.7 Å². The average Bonchev–Trinajstić information content (AvgIpc) is 2.88. The third-order valence-electron chi connectivity index (χ3n) is 6.69. The fraction of sp³-hybridized carbons (Fsp3) is 0.226. The molecule has 0 saturated carbocycles. The Hall–Kier alpha value is -3.17. The van der Waals surface area contributed by atoms with Gasteiger partial charge in [-0.15, -0.1) is 16.9 Å². The van der Waals surface area contributed by atoms with E-state index in [9.17, 15) is 0 Å². The highest BCUT2D eigenvalue weighted by molar-refractivity contribution is 7.98. The molecule has 0 aromatic heterocycles. The van der Waals surface area contributed by atoms with Crippen LogP contribution in [0.3, 0.4) is 0 Å². The van der Waals surface area contributed by atoms with Gasteiger partial charge in [-0.25, -0.2) is 0 Å². The van der Waals surface area contributed by atoms with Gasteiger partial charge >= 0.3 is 0 Å². The number of rotatable bonds is 7. The maximum Gasteiger partial charge on any atom is 0.0998 e. The second-order valence-electron chi connectivity index (χ2n) is 9.59. The summed E-state index contributed by atoms with van der Waals surface area (Å²) in [6.07, 6.45) is 2.13. The van der Waals surface area contributed by atoms with Crippen molar-refractivity contribution in [2.75, 3.05) is 6.26 Å². The summed E-state index contributed by atoms with van der Waals surface area (Å²) in [6.45, 7) is 9.17. The van der Waals surface area contributed by atoms with E-state index < -0.39 is 0 Å². The topological polar surface area (TPSA) is 24.7 Å². The molecule has 0 heterocycles. The van der Waals surface area contributed by atoms with Crippen molar-refractivity contribution >= 4 is 23.1 Å². The first-order chi connectivity index (χ1) is 16.3. The SMILES string of the molecule is CSc1c(N=Nc2ccccc2)cc(C(C)(C)c2ccccc2)cc1C(C)(C)c1ccccc1. The van der Waals surface area contributed by atoms with Gasteiger partial charge in [0.25, 0.3) is 0 Å². The Kier molecular flexibility index (Phi) is 7.04. The number of hydrogen-bond donors (Lipinski definition) is 0. The van der Waals surface area contributed by atoms with Gasteiger partial charge in [0, 0.05) is 15.7 Å². The zero-order valence-corrected chi connectivity index (χ0v) is 21.4. The monoisotopic (exact) mass is 464 g/mol. The summed E-state index contributed by atoms with van der Waals surface area (Å²) in [5.74, 6) is 0. The maximum atomic E-state index is 4.79. The van der Waals surface area contributed by atoms with Gasteiger partial charge in [0.1, 0.15) is 0 Å². The highest BCUT2D eigenvalue weighted by Gasteiger charge is 2.31. The molecule has 0 N–H and O–H groups in total. The van der Waals surface area contributed by atoms with Gasteiger partial charge in [0.15, 0.2) is 0 Å². The summed E-state index contributed by atoms with van der Waals surface area (Å²) in [6, 6.07) is 36.0. The first kappa shape index (κ1) is 24.0. The van der Waals surface area contributed by atoms with Crippen LogP contribution in [-0.2, 0) is 10.8 Å². The van der Waals surface area contributed by atoms with Crippen molar-refractivity contribution in [1.82, 2.24) is 0 Å². The van der Waals surface area contributed by atoms with E-state index in [2.05, 4.69) is 112 Å². The fourth-order valence-electron chi connectivity index (χ4n) is 4.37. The minimum absolute atomic E-state index is 0.184. The van der Waals surface area contributed by atoms with Gasteiger partial charge in [0.2, 0.25) is 0 Å². The molecule has 4 rings (SSSR count). The van der Waals surface area contributed by atoms with E-state index in [1.807, 2.05) is 30.3 Å². The van der Waals surface area contributed by atoms with Crippen molar-refractivity contribution in [2.45, 2.75) is 43.4 Å². The Bertz CT molecular complexity index is 1260. The highest BCUT2D eigenvalue weighted by Crippen LogP contribution is 2.45. The minimum atomic E-state index is -0.195. The van der Waals surface area contributed by atoms with E-state index in [0.29, 0.717) is 0 Å². The summed E-state index contributed by atoms with van der Waals surface area (Å²) < 4.78 is 0. The van der Waals surface area contributed by atoms with Crippen LogP contribution in [0.4, 0.5) is 11.4 Å². The van der Waals surface area contributed by atoms with Crippen LogP contribution in [0.1, 0.15) is 49.9 Å². The molecule has 0 bridgehead atoms. The Balaban J connectivity index is 1.94. The molecule has 0 amide bonds. The fourth-order valence-corrected chi connectivity index (χ4v) is 5.21. The predicted molar refractivity (Wildman–Crippen MR) is 146 cm³/mol. The van der Waals surface area contributed by atoms with Gasteiger partial charge in [-0.3, -0.25) is 0 Å². The van der Waals surface area contributed by atoms with E-state index in [0.717, 1.165) is 11.4 Å². The molecule has 0 aliphatic heterocycles. The van der Waals surface area contributed by atoms with Crippen LogP contribution in [0, 0.1) is 0 Å². The summed E-state index contributed by atoms with van der Waals surface area (Å²) >= 11 is 1.74. The van der Waals surface area contributed by atoms with E-state index in [4.69, 9.17) is 5.11 Å². The number of azo groups is 1. The molecule has 2 nitrogen and oxygen atoms in total. The van der Waals surface area contributed by atoms with Crippen molar-refractivity contribution in [1.29, 1.82) is 0 Å². The Morgan fingerprint density at radius 1 is 0.559 bits per heavy atom. The molecule has 34 heavy (non-hydrogen) atoms. The number of thioether (sulfide) groups is 1. The Morgan fingerprint density at radius 2 is 1.06 bits per heavy atom. The summed E-state index contributed by atoms with van der Waals surface area (Å²) in [5.41, 5.74) is 6.46. The molecular formula is C31H32N2S. The van der Waals surface area contributed by atoms with Crippen LogP contribution in [-0.4, -0.2) is 6.26 Å². The molecular weight excluding hydrogens is 432 g/mol. The third-order valence-corrected chi connectivity index (χ3v) is 7.53. The van der Waals surface area contributed by atoms with Crippen molar-refractivity contribution < 1.29 is 0 Å². The van der Waals surface area contributed by atoms with E-state index in [-0.39, 0.29) is 10.8 Å². The number of hydrogen-bond acceptors (Lipinski definition) is 3. The molecule has 0 radical (unpaired) electrons. The van der Waals surface area contributed by atoms with Crippen molar-refractivity contribution in [3.63, 3.8) is 0 Å². The standard InChI is InChI=1S/C31H32N2S/c1-30(2,23-15-9-6-10-16-23)25-21-27(31(3,4)24-17-11-7-12-18-24)29(34-5)28(22-25)33-32-26-19-13-8-14-20-26/h6-22H,1-5H3. The third kappa shape index (κ3) is 4.85. The van der Waals surface area contributed by atoms with E-state index in [1.165, 1.54) is 27.1 Å². The summed E-state index contributed by atoms with van der Waals surface area (Å²) in [7, 11) is 0. The molecule has 0 saturated heterocycles. The lowest BCUT2D eigenvalue weighted by atomic mass is 9.73. The van der Waals surface area contributed by atoms with E-state index >= 15 is 0 Å². The van der Waals surface area contributed by atoms with Crippen LogP contribution in [0.25, 0.3) is 0 Å². The highest BCUT2D eigenvalue weighted by atomic mass is 32.2. The first-order valence-electron chi connectivity index (χ1n) is 11.6. The van der Waals surface area contributed by atoms with Gasteiger partial charge in [-0.1, -0.05) is 113 Å². The quantitative estimate of drug-likeness (QED) is 0.197. The van der Waals surface area contributed by atoms with Crippen molar-refractivity contribution in [2.24, 2.45) is 10.2 Å². The zero-order valence-electron chi connectivity index (χ0n) is 20.6. The molecule has 172 valence electrons. The normalized spacial score (nSPS) is 12.3. The smallest absolute Gasteiger partial charge is 0.0998 e. The lowest BCUT2D eigenvalue weighted by molar-refractivity contribution is 0.607. The van der Waals surface area contributed by atoms with Gasteiger partial charge in [-0.2, -0.15) is 5.11 Å². The molecule has 0 aliphatic carbocycles. The molecule has 0 atom stereocenters. The van der Waals surface area contributed by atoms with Crippen LogP contribution < -0.4 is 0 Å². The Labute approximate surface area is 208 Å². The molecule has 0 fully saturated rings. The molecule has 4 aromatic carbocycles. The second-order valence-corrected chi connectivity index (χ2v) is 10.4. The molecule has 4 aromatic rings. The van der Waals surface area contributed by atoms with Gasteiger partial charge < -0.3 is 0 Å². The number of nitrogens with zero attached hydrogens (tertiary/aromatic N) is 2. The molecule has 0 aliphatic rings. The minimum Gasteiger partial charge on any atom is -0.151 e. The van der Waals surface area contributed by atoms with Crippen LogP contribution in [0.15, 0.2) is 118 Å². The van der Waals surface area contributed by atoms with Gasteiger partial charge in [0.05, 0.1) is 11.4 Å². The summed E-state index contributed by atoms with van der Waals surface area (Å²) in [5, 5.41) is 9.38. The van der Waals surface area contributed by atoms with Crippen LogP contribution in [0.2, 0.25) is 0 Å². The zero-order chi connectivity index (χ0) is 24.2. The average molecular weight is 465 g/mol. The van der Waals surface area contributed by atoms with Crippen LogP contribution >= 0.6 is 11.8 Å². The van der Waals surface area contributed by atoms with Crippen molar-refractivity contribution in [3.8, 4) is 0 Å².